The molecule has 10 heteroatoms. The van der Waals surface area contributed by atoms with Gasteiger partial charge < -0.3 is 10.1 Å². The number of rotatable bonds is 4. The highest BCUT2D eigenvalue weighted by molar-refractivity contribution is 5.56. The van der Waals surface area contributed by atoms with Gasteiger partial charge in [-0.1, -0.05) is 18.2 Å². The first-order valence-corrected chi connectivity index (χ1v) is 10.3. The Kier molecular flexibility index (Phi) is 5.89. The van der Waals surface area contributed by atoms with Crippen LogP contribution >= 0.6 is 0 Å². The number of hydrogen-bond donors (Lipinski definition) is 1. The Hall–Kier alpha value is -2.30. The van der Waals surface area contributed by atoms with E-state index in [9.17, 15) is 31.5 Å². The Morgan fingerprint density at radius 1 is 0.844 bits per heavy atom. The van der Waals surface area contributed by atoms with E-state index in [0.29, 0.717) is 38.3 Å². The lowest BCUT2D eigenvalue weighted by atomic mass is 10.1. The maximum atomic E-state index is 13.1. The highest BCUT2D eigenvalue weighted by atomic mass is 19.4. The molecule has 0 amide bonds. The van der Waals surface area contributed by atoms with Gasteiger partial charge in [-0.3, -0.25) is 5.17 Å². The molecule has 0 bridgehead atoms. The minimum atomic E-state index is -4.42. The number of benzene rings is 2. The van der Waals surface area contributed by atoms with Crippen molar-refractivity contribution in [3.8, 4) is 0 Å². The van der Waals surface area contributed by atoms with Gasteiger partial charge in [0.25, 0.3) is 0 Å². The van der Waals surface area contributed by atoms with Gasteiger partial charge in [-0.15, -0.1) is 0 Å². The van der Waals surface area contributed by atoms with Crippen LogP contribution in [0.1, 0.15) is 34.6 Å². The van der Waals surface area contributed by atoms with Crippen LogP contribution in [0, 0.1) is 12.1 Å². The molecule has 1 N–H and O–H groups in total. The fraction of sp³-hybridized carbons (Fsp3) is 0.455. The summed E-state index contributed by atoms with van der Waals surface area (Å²) >= 11 is 0. The number of halogens is 6. The summed E-state index contributed by atoms with van der Waals surface area (Å²) in [6.45, 7) is 3.39. The summed E-state index contributed by atoms with van der Waals surface area (Å²) in [6, 6.07) is 8.32. The maximum absolute atomic E-state index is 13.1. The molecule has 3 atom stereocenters. The van der Waals surface area contributed by atoms with Crippen LogP contribution in [0.5, 0.6) is 0 Å². The third-order valence-corrected chi connectivity index (χ3v) is 6.24. The van der Waals surface area contributed by atoms with Gasteiger partial charge in [-0.25, -0.2) is 0 Å². The normalized spacial score (nSPS) is 23.3. The number of anilines is 1. The largest absolute Gasteiger partial charge is 0.613 e. The SMILES string of the molecule is Cc1ccc(C(F)(F)F)cc1N1CCN([NH+]([O-])[C@H]2C[C@H]2c2ccc(C(F)(F)F)cc2)CC1. The number of aryl methyl sites for hydroxylation is 1. The Labute approximate surface area is 181 Å². The van der Waals surface area contributed by atoms with Gasteiger partial charge in [0.15, 0.2) is 0 Å². The average Bonchev–Trinajstić information content (AvgIpc) is 3.53. The highest BCUT2D eigenvalue weighted by Gasteiger charge is 2.47. The van der Waals surface area contributed by atoms with Crippen molar-refractivity contribution in [2.75, 3.05) is 31.1 Å². The molecular formula is C22H23F6N3O. The zero-order valence-electron chi connectivity index (χ0n) is 17.3. The van der Waals surface area contributed by atoms with Gasteiger partial charge in [-0.2, -0.15) is 31.4 Å². The summed E-state index contributed by atoms with van der Waals surface area (Å²) in [5.74, 6) is -0.0893. The van der Waals surface area contributed by atoms with Crippen LogP contribution in [0.4, 0.5) is 32.0 Å². The van der Waals surface area contributed by atoms with Crippen LogP contribution in [0.25, 0.3) is 0 Å². The number of piperazine rings is 1. The van der Waals surface area contributed by atoms with Crippen LogP contribution in [0.2, 0.25) is 0 Å². The molecule has 2 aromatic carbocycles. The molecule has 1 aliphatic heterocycles. The molecule has 2 aliphatic rings. The van der Waals surface area contributed by atoms with Crippen molar-refractivity contribution in [3.05, 3.63) is 69.9 Å². The van der Waals surface area contributed by atoms with E-state index in [2.05, 4.69) is 0 Å². The predicted molar refractivity (Wildman–Crippen MR) is 107 cm³/mol. The van der Waals surface area contributed by atoms with Crippen LogP contribution in [0.15, 0.2) is 42.5 Å². The van der Waals surface area contributed by atoms with E-state index in [1.54, 1.807) is 11.9 Å². The number of nitrogens with one attached hydrogen (secondary N) is 1. The number of hydroxylamine groups is 1. The fourth-order valence-corrected chi connectivity index (χ4v) is 4.28. The molecule has 174 valence electrons. The molecule has 1 saturated carbocycles. The van der Waals surface area contributed by atoms with Crippen LogP contribution in [-0.2, 0) is 12.4 Å². The summed E-state index contributed by atoms with van der Waals surface area (Å²) in [4.78, 5) is 1.86. The van der Waals surface area contributed by atoms with Gasteiger partial charge in [0.2, 0.25) is 0 Å². The van der Waals surface area contributed by atoms with Crippen LogP contribution in [-0.4, -0.2) is 37.2 Å². The van der Waals surface area contributed by atoms with Gasteiger partial charge in [0.1, 0.15) is 6.04 Å². The second kappa shape index (κ2) is 8.24. The molecular weight excluding hydrogens is 436 g/mol. The highest BCUT2D eigenvalue weighted by Crippen LogP contribution is 2.40. The van der Waals surface area contributed by atoms with Crippen molar-refractivity contribution < 1.29 is 31.5 Å². The number of alkyl halides is 6. The lowest BCUT2D eigenvalue weighted by Crippen LogP contribution is -3.16. The monoisotopic (exact) mass is 459 g/mol. The lowest BCUT2D eigenvalue weighted by molar-refractivity contribution is -0.983. The Morgan fingerprint density at radius 2 is 1.41 bits per heavy atom. The Morgan fingerprint density at radius 3 is 1.97 bits per heavy atom. The van der Waals surface area contributed by atoms with Crippen molar-refractivity contribution in [2.45, 2.75) is 37.7 Å². The third kappa shape index (κ3) is 4.72. The lowest BCUT2D eigenvalue weighted by Gasteiger charge is -2.41. The van der Waals surface area contributed by atoms with E-state index in [4.69, 9.17) is 0 Å². The fourth-order valence-electron chi connectivity index (χ4n) is 4.28. The van der Waals surface area contributed by atoms with Crippen molar-refractivity contribution in [2.24, 2.45) is 0 Å². The zero-order valence-corrected chi connectivity index (χ0v) is 17.3. The summed E-state index contributed by atoms with van der Waals surface area (Å²) in [6.07, 6.45) is -8.22. The summed E-state index contributed by atoms with van der Waals surface area (Å²) < 4.78 is 77.4. The molecule has 0 aromatic heterocycles. The van der Waals surface area contributed by atoms with E-state index >= 15 is 0 Å². The quantitative estimate of drug-likeness (QED) is 0.554. The van der Waals surface area contributed by atoms with Crippen LogP contribution < -0.4 is 10.1 Å². The molecule has 4 nitrogen and oxygen atoms in total. The molecule has 1 aliphatic carbocycles. The minimum Gasteiger partial charge on any atom is -0.613 e. The summed E-state index contributed by atoms with van der Waals surface area (Å²) in [7, 11) is 0. The molecule has 1 unspecified atom stereocenters. The smallest absolute Gasteiger partial charge is 0.416 e. The second-order valence-corrected chi connectivity index (χ2v) is 8.38. The first kappa shape index (κ1) is 22.9. The van der Waals surface area contributed by atoms with E-state index in [1.165, 1.54) is 18.2 Å². The Balaban J connectivity index is 1.35. The average molecular weight is 459 g/mol. The molecule has 2 aromatic rings. The van der Waals surface area contributed by atoms with Crippen molar-refractivity contribution in [3.63, 3.8) is 0 Å². The van der Waals surface area contributed by atoms with E-state index < -0.39 is 23.5 Å². The second-order valence-electron chi connectivity index (χ2n) is 8.38. The predicted octanol–water partition coefficient (Wildman–Crippen LogP) is 4.01. The number of hydrogen-bond acceptors (Lipinski definition) is 3. The Bertz CT molecular complexity index is 952. The van der Waals surface area contributed by atoms with E-state index in [-0.39, 0.29) is 17.1 Å². The molecule has 0 spiro atoms. The number of nitrogens with zero attached hydrogens (tertiary/aromatic N) is 2. The van der Waals surface area contributed by atoms with Gasteiger partial charge in [-0.05, 0) is 42.3 Å². The number of quaternary nitrogens is 1. The van der Waals surface area contributed by atoms with E-state index in [0.717, 1.165) is 35.4 Å². The van der Waals surface area contributed by atoms with Gasteiger partial charge in [0, 0.05) is 31.1 Å². The van der Waals surface area contributed by atoms with Crippen molar-refractivity contribution in [1.82, 2.24) is 5.01 Å². The minimum absolute atomic E-state index is 0.0460. The topological polar surface area (TPSA) is 34.0 Å². The molecule has 1 heterocycles. The molecule has 0 radical (unpaired) electrons. The first-order chi connectivity index (χ1) is 14.9. The summed E-state index contributed by atoms with van der Waals surface area (Å²) in [5, 5.41) is 14.5. The summed E-state index contributed by atoms with van der Waals surface area (Å²) in [5.41, 5.74) is 0.553. The van der Waals surface area contributed by atoms with E-state index in [1.807, 2.05) is 4.90 Å². The molecule has 1 saturated heterocycles. The molecule has 4 rings (SSSR count). The van der Waals surface area contributed by atoms with Crippen molar-refractivity contribution in [1.29, 1.82) is 0 Å². The zero-order chi connectivity index (χ0) is 23.3. The van der Waals surface area contributed by atoms with Crippen molar-refractivity contribution >= 4 is 5.69 Å². The van der Waals surface area contributed by atoms with Gasteiger partial charge in [0.05, 0.1) is 24.2 Å². The molecule has 32 heavy (non-hydrogen) atoms. The first-order valence-electron chi connectivity index (χ1n) is 10.3. The molecule has 2 fully saturated rings. The standard InChI is InChI=1S/C22H23F6N3O/c1-14-2-5-17(22(26,27)28)12-19(14)29-8-10-30(11-9-29)31(32)20-13-18(20)15-3-6-16(7-4-15)21(23,24)25/h2-7,12,18,20,31H,8-11,13H2,1H3/t18-,20-/m0/s1. The van der Waals surface area contributed by atoms with Crippen LogP contribution in [0.3, 0.4) is 0 Å². The van der Waals surface area contributed by atoms with Gasteiger partial charge >= 0.3 is 12.4 Å². The third-order valence-electron chi connectivity index (χ3n) is 6.24. The maximum Gasteiger partial charge on any atom is 0.416 e.